The molecule has 3 heterocycles. The van der Waals surface area contributed by atoms with Crippen molar-refractivity contribution >= 4 is 5.91 Å². The minimum absolute atomic E-state index is 0.0147. The number of rotatable bonds is 8. The highest BCUT2D eigenvalue weighted by molar-refractivity contribution is 5.79. The zero-order valence-corrected chi connectivity index (χ0v) is 20.8. The predicted molar refractivity (Wildman–Crippen MR) is 132 cm³/mol. The summed E-state index contributed by atoms with van der Waals surface area (Å²) < 4.78 is 56.8. The molecule has 0 spiro atoms. The zero-order chi connectivity index (χ0) is 26.7. The normalized spacial score (nSPS) is 20.2. The second kappa shape index (κ2) is 10.9. The van der Waals surface area contributed by atoms with Gasteiger partial charge in [0.2, 0.25) is 5.91 Å². The lowest BCUT2D eigenvalue weighted by Gasteiger charge is -2.32. The van der Waals surface area contributed by atoms with Gasteiger partial charge in [0.25, 0.3) is 0 Å². The van der Waals surface area contributed by atoms with Gasteiger partial charge in [0.15, 0.2) is 23.1 Å². The first-order valence-electron chi connectivity index (χ1n) is 12.5. The van der Waals surface area contributed by atoms with Crippen LogP contribution in [0.15, 0.2) is 60.8 Å². The van der Waals surface area contributed by atoms with Crippen molar-refractivity contribution in [1.29, 1.82) is 0 Å². The van der Waals surface area contributed by atoms with Crippen LogP contribution in [0.4, 0.5) is 13.2 Å². The summed E-state index contributed by atoms with van der Waals surface area (Å²) in [5.74, 6) is -1.11. The van der Waals surface area contributed by atoms with E-state index in [2.05, 4.69) is 15.2 Å². The number of aromatic nitrogens is 1. The number of fused-ring (bicyclic) bond motifs is 1. The molecular formula is C28H28F3N3O4. The van der Waals surface area contributed by atoms with Gasteiger partial charge in [0, 0.05) is 31.6 Å². The third-order valence-electron chi connectivity index (χ3n) is 6.67. The Hall–Kier alpha value is -3.79. The van der Waals surface area contributed by atoms with Gasteiger partial charge in [-0.3, -0.25) is 14.7 Å². The lowest BCUT2D eigenvalue weighted by molar-refractivity contribution is -0.173. The van der Waals surface area contributed by atoms with Crippen LogP contribution in [0.1, 0.15) is 37.1 Å². The van der Waals surface area contributed by atoms with E-state index in [0.29, 0.717) is 49.5 Å². The van der Waals surface area contributed by atoms with Gasteiger partial charge in [0.05, 0.1) is 11.7 Å². The highest BCUT2D eigenvalue weighted by Gasteiger charge is 2.37. The van der Waals surface area contributed by atoms with Crippen molar-refractivity contribution in [3.63, 3.8) is 0 Å². The summed E-state index contributed by atoms with van der Waals surface area (Å²) in [6.45, 7) is 3.36. The Bertz CT molecular complexity index is 1280. The molecule has 38 heavy (non-hydrogen) atoms. The summed E-state index contributed by atoms with van der Waals surface area (Å²) in [6, 6.07) is 10.9. The lowest BCUT2D eigenvalue weighted by Crippen LogP contribution is -2.43. The van der Waals surface area contributed by atoms with Crippen molar-refractivity contribution in [2.24, 2.45) is 5.92 Å². The van der Waals surface area contributed by atoms with Crippen LogP contribution in [-0.4, -0.2) is 48.1 Å². The molecule has 2 aliphatic rings. The molecule has 200 valence electrons. The topological polar surface area (TPSA) is 72.9 Å². The maximum Gasteiger partial charge on any atom is 0.404 e. The molecule has 0 aliphatic carbocycles. The highest BCUT2D eigenvalue weighted by Crippen LogP contribution is 2.41. The Morgan fingerprint density at radius 1 is 1.13 bits per heavy atom. The number of benzene rings is 2. The third-order valence-corrected chi connectivity index (χ3v) is 6.67. The van der Waals surface area contributed by atoms with Crippen molar-refractivity contribution in [3.05, 3.63) is 83.7 Å². The van der Waals surface area contributed by atoms with Gasteiger partial charge in [-0.25, -0.2) is 8.78 Å². The number of ether oxygens (including phenoxy) is 3. The molecule has 5 rings (SSSR count). The van der Waals surface area contributed by atoms with Crippen molar-refractivity contribution in [3.8, 4) is 17.2 Å². The van der Waals surface area contributed by atoms with E-state index in [9.17, 15) is 18.0 Å². The van der Waals surface area contributed by atoms with Crippen LogP contribution < -0.4 is 19.5 Å². The fourth-order valence-corrected chi connectivity index (χ4v) is 4.71. The van der Waals surface area contributed by atoms with Gasteiger partial charge in [-0.2, -0.15) is 4.39 Å². The number of hydrogen-bond donors (Lipinski definition) is 1. The number of amides is 1. The molecule has 0 bridgehead atoms. The summed E-state index contributed by atoms with van der Waals surface area (Å²) >= 11 is 0. The van der Waals surface area contributed by atoms with Crippen LogP contribution in [0.2, 0.25) is 0 Å². The fraction of sp³-hybridized carbons (Fsp3) is 0.357. The number of nitrogens with zero attached hydrogens (tertiary/aromatic N) is 2. The van der Waals surface area contributed by atoms with Crippen molar-refractivity contribution < 1.29 is 32.2 Å². The molecule has 1 N–H and O–H groups in total. The van der Waals surface area contributed by atoms with E-state index in [1.807, 2.05) is 12.1 Å². The lowest BCUT2D eigenvalue weighted by atomic mass is 9.94. The van der Waals surface area contributed by atoms with Gasteiger partial charge >= 0.3 is 6.04 Å². The van der Waals surface area contributed by atoms with E-state index >= 15 is 0 Å². The summed E-state index contributed by atoms with van der Waals surface area (Å²) in [5.41, 5.74) is 1.34. The molecular weight excluding hydrogens is 499 g/mol. The minimum Gasteiger partial charge on any atom is -0.489 e. The number of carbonyl (C=O) groups excluding carboxylic acids is 1. The Labute approximate surface area is 218 Å². The van der Waals surface area contributed by atoms with Gasteiger partial charge in [-0.1, -0.05) is 12.1 Å². The monoisotopic (exact) mass is 527 g/mol. The molecule has 10 heteroatoms. The van der Waals surface area contributed by atoms with Gasteiger partial charge in [0.1, 0.15) is 12.4 Å². The molecule has 1 amide bonds. The van der Waals surface area contributed by atoms with E-state index < -0.39 is 23.7 Å². The van der Waals surface area contributed by atoms with Crippen LogP contribution in [-0.2, 0) is 4.79 Å². The number of hydrogen-bond acceptors (Lipinski definition) is 6. The second-order valence-corrected chi connectivity index (χ2v) is 9.48. The number of nitrogens with one attached hydrogen (secondary N) is 1. The zero-order valence-electron chi connectivity index (χ0n) is 20.8. The van der Waals surface area contributed by atoms with E-state index in [1.165, 1.54) is 13.0 Å². The Kier molecular flexibility index (Phi) is 7.42. The summed E-state index contributed by atoms with van der Waals surface area (Å²) in [7, 11) is 0. The Morgan fingerprint density at radius 2 is 1.92 bits per heavy atom. The van der Waals surface area contributed by atoms with Gasteiger partial charge < -0.3 is 19.5 Å². The van der Waals surface area contributed by atoms with E-state index in [4.69, 9.17) is 14.2 Å². The maximum atomic E-state index is 14.2. The number of likely N-dealkylation sites (tertiary alicyclic amines) is 1. The fourth-order valence-electron chi connectivity index (χ4n) is 4.71. The summed E-state index contributed by atoms with van der Waals surface area (Å²) in [5, 5.41) is 3.11. The Morgan fingerprint density at radius 3 is 2.66 bits per heavy atom. The number of alkyl halides is 1. The molecule has 1 fully saturated rings. The molecule has 7 nitrogen and oxygen atoms in total. The van der Waals surface area contributed by atoms with Crippen LogP contribution in [0.3, 0.4) is 0 Å². The summed E-state index contributed by atoms with van der Waals surface area (Å²) in [6.07, 6.45) is 2.94. The van der Waals surface area contributed by atoms with Crippen LogP contribution in [0, 0.1) is 17.6 Å². The molecule has 1 saturated heterocycles. The van der Waals surface area contributed by atoms with Crippen molar-refractivity contribution in [1.82, 2.24) is 15.2 Å². The van der Waals surface area contributed by atoms with Crippen molar-refractivity contribution in [2.75, 3.05) is 26.2 Å². The van der Waals surface area contributed by atoms with Crippen LogP contribution >= 0.6 is 0 Å². The van der Waals surface area contributed by atoms with Crippen molar-refractivity contribution in [2.45, 2.75) is 31.8 Å². The number of carbonyl (C=O) groups is 1. The summed E-state index contributed by atoms with van der Waals surface area (Å²) in [4.78, 5) is 19.9. The van der Waals surface area contributed by atoms with E-state index in [-0.39, 0.29) is 29.9 Å². The molecule has 2 aromatic carbocycles. The van der Waals surface area contributed by atoms with Crippen LogP contribution in [0.5, 0.6) is 17.2 Å². The molecule has 0 radical (unpaired) electrons. The molecule has 1 aromatic heterocycles. The molecule has 2 atom stereocenters. The van der Waals surface area contributed by atoms with E-state index in [1.54, 1.807) is 30.5 Å². The van der Waals surface area contributed by atoms with Crippen LogP contribution in [0.25, 0.3) is 0 Å². The quantitative estimate of drug-likeness (QED) is 0.455. The first-order valence-corrected chi connectivity index (χ1v) is 12.5. The average Bonchev–Trinajstić information content (AvgIpc) is 3.22. The highest BCUT2D eigenvalue weighted by atomic mass is 19.2. The number of pyridine rings is 1. The molecule has 1 unspecified atom stereocenters. The second-order valence-electron chi connectivity index (χ2n) is 9.48. The molecule has 2 aliphatic heterocycles. The largest absolute Gasteiger partial charge is 0.489 e. The molecule has 3 aromatic rings. The smallest absolute Gasteiger partial charge is 0.404 e. The first-order chi connectivity index (χ1) is 18.3. The first kappa shape index (κ1) is 25.8. The average molecular weight is 528 g/mol. The van der Waals surface area contributed by atoms with Gasteiger partial charge in [-0.15, -0.1) is 0 Å². The third kappa shape index (κ3) is 6.02. The van der Waals surface area contributed by atoms with E-state index in [0.717, 1.165) is 12.1 Å². The maximum absolute atomic E-state index is 14.2. The SMILES string of the molecule is CC1(F)Oc2ccc([C@@H](NC(=O)C3CCN(CCOc4ccc(F)cc4F)CC3)c3ccccn3)cc2O1. The minimum atomic E-state index is -2.24. The number of halogens is 3. The number of piperidine rings is 1. The van der Waals surface area contributed by atoms with Gasteiger partial charge in [-0.05, 0) is 67.9 Å². The predicted octanol–water partition coefficient (Wildman–Crippen LogP) is 4.77. The standard InChI is InChI=1S/C28H28F3N3O4/c1-28(31)37-24-7-5-19(16-25(24)38-28)26(22-4-2-3-11-32-22)33-27(35)18-9-12-34(13-10-18)14-15-36-23-8-6-20(29)17-21(23)30/h2-8,11,16-18,26H,9-10,12-15H2,1H3,(H,33,35)/t26-,28?/m1/s1. The molecule has 0 saturated carbocycles. The Balaban J connectivity index is 1.18.